The zero-order valence-corrected chi connectivity index (χ0v) is 13.1. The van der Waals surface area contributed by atoms with Crippen molar-refractivity contribution in [2.45, 2.75) is 39.2 Å². The Balaban J connectivity index is 1.57. The van der Waals surface area contributed by atoms with Gasteiger partial charge in [-0.05, 0) is 49.3 Å². The van der Waals surface area contributed by atoms with E-state index in [2.05, 4.69) is 36.1 Å². The number of carbonyl (C=O) groups is 1. The van der Waals surface area contributed by atoms with Crippen molar-refractivity contribution < 1.29 is 4.79 Å². The molecule has 0 N–H and O–H groups in total. The second kappa shape index (κ2) is 6.61. The summed E-state index contributed by atoms with van der Waals surface area (Å²) in [4.78, 5) is 17.0. The number of amides is 1. The molecule has 0 unspecified atom stereocenters. The molecular weight excluding hydrogens is 260 g/mol. The van der Waals surface area contributed by atoms with Gasteiger partial charge in [0.1, 0.15) is 0 Å². The highest BCUT2D eigenvalue weighted by molar-refractivity contribution is 5.78. The van der Waals surface area contributed by atoms with Crippen LogP contribution in [-0.4, -0.2) is 41.9 Å². The number of benzene rings is 1. The summed E-state index contributed by atoms with van der Waals surface area (Å²) in [6.07, 6.45) is 4.83. The molecule has 1 aromatic carbocycles. The maximum absolute atomic E-state index is 12.6. The van der Waals surface area contributed by atoms with Crippen molar-refractivity contribution in [1.82, 2.24) is 9.80 Å². The van der Waals surface area contributed by atoms with Gasteiger partial charge in [0.05, 0.1) is 6.54 Å². The molecule has 1 fully saturated rings. The van der Waals surface area contributed by atoms with Crippen molar-refractivity contribution in [1.29, 1.82) is 0 Å². The molecule has 0 aromatic heterocycles. The molecule has 3 heteroatoms. The smallest absolute Gasteiger partial charge is 0.237 e. The lowest BCUT2D eigenvalue weighted by molar-refractivity contribution is -0.133. The van der Waals surface area contributed by atoms with Gasteiger partial charge in [0.15, 0.2) is 0 Å². The summed E-state index contributed by atoms with van der Waals surface area (Å²) in [6, 6.07) is 8.51. The van der Waals surface area contributed by atoms with Crippen LogP contribution < -0.4 is 0 Å². The maximum atomic E-state index is 12.6. The molecule has 1 aromatic rings. The first-order valence-corrected chi connectivity index (χ1v) is 8.33. The lowest BCUT2D eigenvalue weighted by atomic mass is 10.00. The van der Waals surface area contributed by atoms with Crippen LogP contribution in [0, 0.1) is 5.92 Å². The number of fused-ring (bicyclic) bond motifs is 1. The summed E-state index contributed by atoms with van der Waals surface area (Å²) in [7, 11) is 0. The SMILES string of the molecule is CCCN(CC(=O)N1CCc2ccccc2C1)CC1CC1. The zero-order valence-electron chi connectivity index (χ0n) is 13.1. The molecule has 0 atom stereocenters. The van der Waals surface area contributed by atoms with Crippen LogP contribution in [0.3, 0.4) is 0 Å². The van der Waals surface area contributed by atoms with E-state index >= 15 is 0 Å². The molecule has 3 nitrogen and oxygen atoms in total. The van der Waals surface area contributed by atoms with E-state index in [9.17, 15) is 4.79 Å². The third-order valence-corrected chi connectivity index (χ3v) is 4.60. The molecule has 0 saturated heterocycles. The predicted octanol–water partition coefficient (Wildman–Crippen LogP) is 2.69. The third kappa shape index (κ3) is 3.85. The Kier molecular flexibility index (Phi) is 4.59. The third-order valence-electron chi connectivity index (χ3n) is 4.60. The van der Waals surface area contributed by atoms with E-state index in [-0.39, 0.29) is 0 Å². The van der Waals surface area contributed by atoms with Crippen molar-refractivity contribution in [3.05, 3.63) is 35.4 Å². The lowest BCUT2D eigenvalue weighted by Gasteiger charge is -2.31. The molecule has 0 spiro atoms. The Bertz CT molecular complexity index is 496. The minimum atomic E-state index is 0.304. The summed E-state index contributed by atoms with van der Waals surface area (Å²) in [5, 5.41) is 0. The molecule has 3 rings (SSSR count). The van der Waals surface area contributed by atoms with Crippen LogP contribution in [0.2, 0.25) is 0 Å². The Morgan fingerprint density at radius 2 is 2.05 bits per heavy atom. The highest BCUT2D eigenvalue weighted by Gasteiger charge is 2.27. The zero-order chi connectivity index (χ0) is 14.7. The average Bonchev–Trinajstić information content (AvgIpc) is 3.31. The topological polar surface area (TPSA) is 23.6 Å². The summed E-state index contributed by atoms with van der Waals surface area (Å²) < 4.78 is 0. The number of hydrogen-bond acceptors (Lipinski definition) is 2. The van der Waals surface area contributed by atoms with Crippen LogP contribution >= 0.6 is 0 Å². The van der Waals surface area contributed by atoms with Crippen molar-refractivity contribution in [2.24, 2.45) is 5.92 Å². The van der Waals surface area contributed by atoms with E-state index in [0.29, 0.717) is 12.5 Å². The Morgan fingerprint density at radius 3 is 2.76 bits per heavy atom. The van der Waals surface area contributed by atoms with E-state index in [1.165, 1.54) is 24.0 Å². The predicted molar refractivity (Wildman–Crippen MR) is 85.0 cm³/mol. The molecule has 1 heterocycles. The number of nitrogens with zero attached hydrogens (tertiary/aromatic N) is 2. The fourth-order valence-electron chi connectivity index (χ4n) is 3.22. The second-order valence-electron chi connectivity index (χ2n) is 6.51. The van der Waals surface area contributed by atoms with Gasteiger partial charge in [0.2, 0.25) is 5.91 Å². The molecule has 1 amide bonds. The van der Waals surface area contributed by atoms with Crippen LogP contribution in [0.5, 0.6) is 0 Å². The normalized spacial score (nSPS) is 17.9. The van der Waals surface area contributed by atoms with E-state index in [4.69, 9.17) is 0 Å². The monoisotopic (exact) mass is 286 g/mol. The molecule has 0 bridgehead atoms. The minimum absolute atomic E-state index is 0.304. The molecule has 114 valence electrons. The van der Waals surface area contributed by atoms with Crippen molar-refractivity contribution >= 4 is 5.91 Å². The van der Waals surface area contributed by atoms with Gasteiger partial charge < -0.3 is 4.90 Å². The molecule has 21 heavy (non-hydrogen) atoms. The highest BCUT2D eigenvalue weighted by Crippen LogP contribution is 2.29. The Morgan fingerprint density at radius 1 is 1.29 bits per heavy atom. The Hall–Kier alpha value is -1.35. The van der Waals surface area contributed by atoms with Crippen molar-refractivity contribution in [3.8, 4) is 0 Å². The number of hydrogen-bond donors (Lipinski definition) is 0. The van der Waals surface area contributed by atoms with Gasteiger partial charge in [0.25, 0.3) is 0 Å². The van der Waals surface area contributed by atoms with Gasteiger partial charge in [-0.2, -0.15) is 0 Å². The molecule has 1 aliphatic heterocycles. The van der Waals surface area contributed by atoms with Crippen molar-refractivity contribution in [3.63, 3.8) is 0 Å². The van der Waals surface area contributed by atoms with E-state index in [1.807, 2.05) is 4.90 Å². The van der Waals surface area contributed by atoms with Crippen LogP contribution in [0.4, 0.5) is 0 Å². The molecular formula is C18H26N2O. The summed E-state index contributed by atoms with van der Waals surface area (Å²) in [6.45, 7) is 6.63. The molecule has 2 aliphatic rings. The van der Waals surface area contributed by atoms with Crippen LogP contribution in [0.1, 0.15) is 37.3 Å². The van der Waals surface area contributed by atoms with Gasteiger partial charge in [0, 0.05) is 19.6 Å². The number of carbonyl (C=O) groups excluding carboxylic acids is 1. The first kappa shape index (κ1) is 14.6. The van der Waals surface area contributed by atoms with Gasteiger partial charge in [-0.1, -0.05) is 31.2 Å². The van der Waals surface area contributed by atoms with Crippen molar-refractivity contribution in [2.75, 3.05) is 26.2 Å². The quantitative estimate of drug-likeness (QED) is 0.803. The lowest BCUT2D eigenvalue weighted by Crippen LogP contribution is -2.43. The molecule has 1 saturated carbocycles. The van der Waals surface area contributed by atoms with Gasteiger partial charge in [-0.3, -0.25) is 9.69 Å². The first-order chi connectivity index (χ1) is 10.3. The van der Waals surface area contributed by atoms with Crippen LogP contribution in [0.15, 0.2) is 24.3 Å². The largest absolute Gasteiger partial charge is 0.337 e. The second-order valence-corrected chi connectivity index (χ2v) is 6.51. The van der Waals surface area contributed by atoms with Crippen LogP contribution in [-0.2, 0) is 17.8 Å². The average molecular weight is 286 g/mol. The minimum Gasteiger partial charge on any atom is -0.337 e. The standard InChI is InChI=1S/C18H26N2O/c1-2-10-19(12-15-7-8-15)14-18(21)20-11-9-16-5-3-4-6-17(16)13-20/h3-6,15H,2,7-14H2,1H3. The van der Waals surface area contributed by atoms with Gasteiger partial charge >= 0.3 is 0 Å². The van der Waals surface area contributed by atoms with Gasteiger partial charge in [-0.25, -0.2) is 0 Å². The fourth-order valence-corrected chi connectivity index (χ4v) is 3.22. The highest BCUT2D eigenvalue weighted by atomic mass is 16.2. The van der Waals surface area contributed by atoms with Gasteiger partial charge in [-0.15, -0.1) is 0 Å². The van der Waals surface area contributed by atoms with E-state index in [0.717, 1.165) is 44.9 Å². The summed E-state index contributed by atoms with van der Waals surface area (Å²) in [5.74, 6) is 1.16. The molecule has 0 radical (unpaired) electrons. The van der Waals surface area contributed by atoms with Crippen LogP contribution in [0.25, 0.3) is 0 Å². The Labute approximate surface area is 127 Å². The van der Waals surface area contributed by atoms with E-state index in [1.54, 1.807) is 0 Å². The summed E-state index contributed by atoms with van der Waals surface area (Å²) >= 11 is 0. The molecule has 1 aliphatic carbocycles. The number of rotatable bonds is 6. The first-order valence-electron chi connectivity index (χ1n) is 8.33. The fraction of sp³-hybridized carbons (Fsp3) is 0.611. The van der Waals surface area contributed by atoms with E-state index < -0.39 is 0 Å². The maximum Gasteiger partial charge on any atom is 0.237 e. The summed E-state index contributed by atoms with van der Waals surface area (Å²) in [5.41, 5.74) is 2.73.